The SMILES string of the molecule is Nc1nc(-c2c[nH]c3nccc(N4[CH]CCC4)c23)cs1. The lowest BCUT2D eigenvalue weighted by atomic mass is 10.1. The molecule has 101 valence electrons. The number of H-pyrrole nitrogens is 1. The van der Waals surface area contributed by atoms with Gasteiger partial charge in [0.05, 0.1) is 16.8 Å². The number of nitrogens with zero attached hydrogens (tertiary/aromatic N) is 3. The van der Waals surface area contributed by atoms with Crippen LogP contribution in [0.2, 0.25) is 0 Å². The number of pyridine rings is 1. The molecule has 4 rings (SSSR count). The molecule has 0 bridgehead atoms. The summed E-state index contributed by atoms with van der Waals surface area (Å²) >= 11 is 1.46. The molecular formula is C14H14N5S. The van der Waals surface area contributed by atoms with Crippen molar-refractivity contribution in [2.24, 2.45) is 0 Å². The van der Waals surface area contributed by atoms with Crippen LogP contribution in [0, 0.1) is 6.54 Å². The van der Waals surface area contributed by atoms with Crippen LogP contribution in [0.25, 0.3) is 22.3 Å². The molecule has 3 aromatic heterocycles. The van der Waals surface area contributed by atoms with Crippen molar-refractivity contribution in [1.82, 2.24) is 15.0 Å². The van der Waals surface area contributed by atoms with Gasteiger partial charge in [0.2, 0.25) is 0 Å². The highest BCUT2D eigenvalue weighted by Gasteiger charge is 2.19. The fourth-order valence-electron chi connectivity index (χ4n) is 2.71. The van der Waals surface area contributed by atoms with Gasteiger partial charge in [-0.25, -0.2) is 9.97 Å². The third kappa shape index (κ3) is 1.76. The van der Waals surface area contributed by atoms with E-state index >= 15 is 0 Å². The standard InChI is InChI=1S/C14H14N5S/c15-14-18-10(8-20-14)9-7-17-13-12(9)11(3-4-16-13)19-5-1-2-6-19/h3-5,7-8H,1-2,6H2,(H2,15,18)(H,16,17). The van der Waals surface area contributed by atoms with E-state index in [0.29, 0.717) is 5.13 Å². The van der Waals surface area contributed by atoms with Crippen molar-refractivity contribution in [2.75, 3.05) is 17.2 Å². The zero-order valence-corrected chi connectivity index (χ0v) is 11.7. The summed E-state index contributed by atoms with van der Waals surface area (Å²) in [5, 5.41) is 3.70. The lowest BCUT2D eigenvalue weighted by Gasteiger charge is -2.18. The monoisotopic (exact) mass is 284 g/mol. The molecular weight excluding hydrogens is 270 g/mol. The van der Waals surface area contributed by atoms with E-state index in [-0.39, 0.29) is 0 Å². The Morgan fingerprint density at radius 1 is 1.40 bits per heavy atom. The lowest BCUT2D eigenvalue weighted by Crippen LogP contribution is -2.14. The van der Waals surface area contributed by atoms with E-state index in [1.165, 1.54) is 23.4 Å². The second kappa shape index (κ2) is 4.49. The molecule has 0 aliphatic carbocycles. The number of aromatic amines is 1. The Hall–Kier alpha value is -2.08. The normalized spacial score (nSPS) is 15.3. The molecule has 3 aromatic rings. The molecule has 3 N–H and O–H groups in total. The largest absolute Gasteiger partial charge is 0.375 e. The Balaban J connectivity index is 1.93. The predicted molar refractivity (Wildman–Crippen MR) is 82.5 cm³/mol. The average Bonchev–Trinajstić information content (AvgIpc) is 3.17. The van der Waals surface area contributed by atoms with Gasteiger partial charge in [0.25, 0.3) is 0 Å². The van der Waals surface area contributed by atoms with Gasteiger partial charge in [-0.05, 0) is 18.9 Å². The number of rotatable bonds is 2. The topological polar surface area (TPSA) is 70.8 Å². The minimum absolute atomic E-state index is 0.590. The van der Waals surface area contributed by atoms with Gasteiger partial charge in [0.15, 0.2) is 5.13 Å². The molecule has 0 saturated carbocycles. The fraction of sp³-hybridized carbons (Fsp3) is 0.214. The number of nitrogens with two attached hydrogens (primary N) is 1. The molecule has 0 atom stereocenters. The summed E-state index contributed by atoms with van der Waals surface area (Å²) in [6.07, 6.45) is 6.14. The third-order valence-corrected chi connectivity index (χ3v) is 4.29. The number of fused-ring (bicyclic) bond motifs is 1. The second-order valence-electron chi connectivity index (χ2n) is 4.85. The van der Waals surface area contributed by atoms with Crippen LogP contribution in [0.1, 0.15) is 12.8 Å². The highest BCUT2D eigenvalue weighted by Crippen LogP contribution is 2.37. The van der Waals surface area contributed by atoms with E-state index in [1.54, 1.807) is 0 Å². The minimum Gasteiger partial charge on any atom is -0.375 e. The quantitative estimate of drug-likeness (QED) is 0.759. The molecule has 0 aromatic carbocycles. The van der Waals surface area contributed by atoms with E-state index in [1.807, 2.05) is 17.8 Å². The van der Waals surface area contributed by atoms with Crippen LogP contribution in [-0.4, -0.2) is 21.5 Å². The van der Waals surface area contributed by atoms with Gasteiger partial charge in [-0.1, -0.05) is 0 Å². The first-order chi connectivity index (χ1) is 9.83. The first-order valence-electron chi connectivity index (χ1n) is 6.60. The summed E-state index contributed by atoms with van der Waals surface area (Å²) in [5.74, 6) is 0. The molecule has 0 amide bonds. The predicted octanol–water partition coefficient (Wildman–Crippen LogP) is 3.03. The first-order valence-corrected chi connectivity index (χ1v) is 7.48. The zero-order valence-electron chi connectivity index (χ0n) is 10.8. The number of hydrogen-bond acceptors (Lipinski definition) is 5. The van der Waals surface area contributed by atoms with Gasteiger partial charge in [0.1, 0.15) is 5.65 Å². The van der Waals surface area contributed by atoms with Gasteiger partial charge in [-0.3, -0.25) is 0 Å². The van der Waals surface area contributed by atoms with Gasteiger partial charge in [0, 0.05) is 36.4 Å². The van der Waals surface area contributed by atoms with Crippen molar-refractivity contribution in [3.05, 3.63) is 30.4 Å². The molecule has 0 unspecified atom stereocenters. The molecule has 1 aliphatic rings. The van der Waals surface area contributed by atoms with E-state index in [0.717, 1.165) is 35.3 Å². The molecule has 0 spiro atoms. The molecule has 5 nitrogen and oxygen atoms in total. The van der Waals surface area contributed by atoms with Gasteiger partial charge in [-0.15, -0.1) is 11.3 Å². The smallest absolute Gasteiger partial charge is 0.180 e. The first kappa shape index (κ1) is 11.7. The van der Waals surface area contributed by atoms with Crippen molar-refractivity contribution in [3.63, 3.8) is 0 Å². The lowest BCUT2D eigenvalue weighted by molar-refractivity contribution is 0.957. The van der Waals surface area contributed by atoms with Crippen LogP contribution < -0.4 is 10.6 Å². The Bertz CT molecular complexity index is 754. The summed E-state index contributed by atoms with van der Waals surface area (Å²) < 4.78 is 0. The zero-order chi connectivity index (χ0) is 13.5. The van der Waals surface area contributed by atoms with Crippen LogP contribution in [0.5, 0.6) is 0 Å². The van der Waals surface area contributed by atoms with E-state index in [9.17, 15) is 0 Å². The van der Waals surface area contributed by atoms with E-state index in [2.05, 4.69) is 32.5 Å². The van der Waals surface area contributed by atoms with E-state index < -0.39 is 0 Å². The molecule has 1 saturated heterocycles. The Morgan fingerprint density at radius 2 is 2.35 bits per heavy atom. The number of aromatic nitrogens is 3. The maximum Gasteiger partial charge on any atom is 0.180 e. The highest BCUT2D eigenvalue weighted by molar-refractivity contribution is 7.13. The van der Waals surface area contributed by atoms with Crippen molar-refractivity contribution in [1.29, 1.82) is 0 Å². The van der Waals surface area contributed by atoms with Crippen LogP contribution in [0.15, 0.2) is 23.8 Å². The summed E-state index contributed by atoms with van der Waals surface area (Å²) in [7, 11) is 0. The third-order valence-electron chi connectivity index (χ3n) is 3.61. The minimum atomic E-state index is 0.590. The van der Waals surface area contributed by atoms with Gasteiger partial charge >= 0.3 is 0 Å². The van der Waals surface area contributed by atoms with Crippen LogP contribution >= 0.6 is 11.3 Å². The number of thiazole rings is 1. The number of hydrogen-bond donors (Lipinski definition) is 2. The molecule has 4 heterocycles. The summed E-state index contributed by atoms with van der Waals surface area (Å²) in [6, 6.07) is 2.07. The Kier molecular flexibility index (Phi) is 2.63. The van der Waals surface area contributed by atoms with Crippen molar-refractivity contribution in [2.45, 2.75) is 12.8 Å². The molecule has 1 fully saturated rings. The maximum atomic E-state index is 5.75. The maximum absolute atomic E-state index is 5.75. The fourth-order valence-corrected chi connectivity index (χ4v) is 3.27. The van der Waals surface area contributed by atoms with Crippen molar-refractivity contribution >= 4 is 33.2 Å². The summed E-state index contributed by atoms with van der Waals surface area (Å²) in [5.41, 5.74) is 9.81. The number of nitrogen functional groups attached to an aromatic ring is 1. The molecule has 6 heteroatoms. The average molecular weight is 284 g/mol. The summed E-state index contributed by atoms with van der Waals surface area (Å²) in [6.45, 7) is 3.31. The molecule has 1 aliphatic heterocycles. The van der Waals surface area contributed by atoms with E-state index in [4.69, 9.17) is 5.73 Å². The highest BCUT2D eigenvalue weighted by atomic mass is 32.1. The van der Waals surface area contributed by atoms with Crippen LogP contribution in [-0.2, 0) is 0 Å². The van der Waals surface area contributed by atoms with Gasteiger partial charge in [-0.2, -0.15) is 0 Å². The Morgan fingerprint density at radius 3 is 3.10 bits per heavy atom. The summed E-state index contributed by atoms with van der Waals surface area (Å²) in [4.78, 5) is 14.3. The Labute approximate surface area is 120 Å². The number of anilines is 2. The molecule has 20 heavy (non-hydrogen) atoms. The van der Waals surface area contributed by atoms with Crippen LogP contribution in [0.4, 0.5) is 10.8 Å². The van der Waals surface area contributed by atoms with Crippen LogP contribution in [0.3, 0.4) is 0 Å². The molecule has 1 radical (unpaired) electrons. The van der Waals surface area contributed by atoms with Gasteiger partial charge < -0.3 is 15.6 Å². The van der Waals surface area contributed by atoms with Crippen molar-refractivity contribution in [3.8, 4) is 11.3 Å². The number of nitrogens with one attached hydrogen (secondary N) is 1. The second-order valence-corrected chi connectivity index (χ2v) is 5.73. The van der Waals surface area contributed by atoms with Crippen molar-refractivity contribution < 1.29 is 0 Å².